The van der Waals surface area contributed by atoms with Crippen molar-refractivity contribution in [1.29, 1.82) is 0 Å². The Kier molecular flexibility index (Phi) is 2.32. The Morgan fingerprint density at radius 2 is 2.17 bits per heavy atom. The van der Waals surface area contributed by atoms with Gasteiger partial charge in [-0.15, -0.1) is 0 Å². The molecule has 0 aromatic heterocycles. The summed E-state index contributed by atoms with van der Waals surface area (Å²) in [7, 11) is 0. The van der Waals surface area contributed by atoms with Crippen LogP contribution in [0.1, 0.15) is 6.42 Å². The van der Waals surface area contributed by atoms with Crippen LogP contribution in [0.4, 0.5) is 0 Å². The number of nitrogens with one attached hydrogen (secondary N) is 1. The van der Waals surface area contributed by atoms with E-state index >= 15 is 0 Å². The van der Waals surface area contributed by atoms with Crippen LogP contribution in [-0.4, -0.2) is 38.6 Å². The first-order chi connectivity index (χ1) is 5.87. The zero-order valence-corrected chi connectivity index (χ0v) is 7.21. The highest BCUT2D eigenvalue weighted by molar-refractivity contribution is 4.91. The van der Waals surface area contributed by atoms with E-state index in [0.29, 0.717) is 12.5 Å². The normalized spacial score (nSPS) is 34.2. The van der Waals surface area contributed by atoms with E-state index in [1.165, 1.54) is 0 Å². The number of rotatable bonds is 1. The van der Waals surface area contributed by atoms with Crippen LogP contribution >= 0.6 is 0 Å². The second-order valence-electron chi connectivity index (χ2n) is 3.43. The third-order valence-electron chi connectivity index (χ3n) is 2.65. The largest absolute Gasteiger partial charge is 0.348 e. The van der Waals surface area contributed by atoms with Crippen molar-refractivity contribution < 1.29 is 9.47 Å². The van der Waals surface area contributed by atoms with Crippen molar-refractivity contribution in [2.45, 2.75) is 12.2 Å². The maximum atomic E-state index is 5.67. The summed E-state index contributed by atoms with van der Waals surface area (Å²) in [6.07, 6.45) is 0.999. The average Bonchev–Trinajstić information content (AvgIpc) is 2.49. The van der Waals surface area contributed by atoms with Crippen molar-refractivity contribution >= 4 is 0 Å². The maximum absolute atomic E-state index is 5.67. The van der Waals surface area contributed by atoms with Gasteiger partial charge in [-0.1, -0.05) is 0 Å². The van der Waals surface area contributed by atoms with Crippen LogP contribution in [0.25, 0.3) is 0 Å². The molecule has 2 rings (SSSR count). The van der Waals surface area contributed by atoms with Gasteiger partial charge in [-0.25, -0.2) is 0 Å². The van der Waals surface area contributed by atoms with Gasteiger partial charge in [0.05, 0.1) is 19.8 Å². The quantitative estimate of drug-likeness (QED) is 0.549. The van der Waals surface area contributed by atoms with Crippen molar-refractivity contribution in [3.8, 4) is 0 Å². The minimum absolute atomic E-state index is 0.317. The molecule has 4 heteroatoms. The van der Waals surface area contributed by atoms with Gasteiger partial charge in [-0.3, -0.25) is 0 Å². The van der Waals surface area contributed by atoms with Crippen molar-refractivity contribution in [1.82, 2.24) is 5.32 Å². The predicted octanol–water partition coefficient (Wildman–Crippen LogP) is -0.702. The van der Waals surface area contributed by atoms with E-state index in [1.54, 1.807) is 0 Å². The molecule has 2 aliphatic heterocycles. The molecular weight excluding hydrogens is 156 g/mol. The van der Waals surface area contributed by atoms with E-state index in [-0.39, 0.29) is 0 Å². The summed E-state index contributed by atoms with van der Waals surface area (Å²) in [6, 6.07) is 0. The first kappa shape index (κ1) is 8.44. The minimum atomic E-state index is -0.396. The highest BCUT2D eigenvalue weighted by Crippen LogP contribution is 2.29. The Morgan fingerprint density at radius 1 is 1.42 bits per heavy atom. The van der Waals surface area contributed by atoms with E-state index in [0.717, 1.165) is 32.7 Å². The van der Waals surface area contributed by atoms with E-state index < -0.39 is 5.79 Å². The molecule has 2 saturated heterocycles. The van der Waals surface area contributed by atoms with Crippen LogP contribution in [0.15, 0.2) is 0 Å². The second kappa shape index (κ2) is 3.30. The van der Waals surface area contributed by atoms with Crippen LogP contribution in [0.2, 0.25) is 0 Å². The summed E-state index contributed by atoms with van der Waals surface area (Å²) in [5, 5.41) is 3.25. The smallest absolute Gasteiger partial charge is 0.185 e. The Bertz CT molecular complexity index is 157. The van der Waals surface area contributed by atoms with Gasteiger partial charge in [0.15, 0.2) is 5.79 Å². The molecule has 0 aromatic rings. The lowest BCUT2D eigenvalue weighted by Gasteiger charge is -2.37. The van der Waals surface area contributed by atoms with Gasteiger partial charge in [0, 0.05) is 19.0 Å². The molecule has 2 heterocycles. The first-order valence-corrected chi connectivity index (χ1v) is 4.56. The molecule has 2 aliphatic rings. The minimum Gasteiger partial charge on any atom is -0.348 e. The number of hydrogen-bond acceptors (Lipinski definition) is 4. The highest BCUT2D eigenvalue weighted by atomic mass is 16.7. The lowest BCUT2D eigenvalue weighted by molar-refractivity contribution is -0.273. The Hall–Kier alpha value is -0.160. The van der Waals surface area contributed by atoms with E-state index in [1.807, 2.05) is 0 Å². The molecule has 70 valence electrons. The number of hydrogen-bond donors (Lipinski definition) is 2. The topological polar surface area (TPSA) is 56.5 Å². The van der Waals surface area contributed by atoms with Crippen LogP contribution in [0, 0.1) is 5.92 Å². The van der Waals surface area contributed by atoms with E-state index in [2.05, 4.69) is 5.32 Å². The molecule has 0 bridgehead atoms. The zero-order valence-electron chi connectivity index (χ0n) is 7.21. The van der Waals surface area contributed by atoms with Crippen molar-refractivity contribution in [2.24, 2.45) is 11.7 Å². The molecule has 4 nitrogen and oxygen atoms in total. The fourth-order valence-electron chi connectivity index (χ4n) is 1.91. The zero-order chi connectivity index (χ0) is 8.44. The highest BCUT2D eigenvalue weighted by Gasteiger charge is 2.45. The summed E-state index contributed by atoms with van der Waals surface area (Å²) in [6.45, 7) is 3.94. The fraction of sp³-hybridized carbons (Fsp3) is 1.00. The summed E-state index contributed by atoms with van der Waals surface area (Å²) < 4.78 is 11.3. The third-order valence-corrected chi connectivity index (χ3v) is 2.65. The molecule has 0 radical (unpaired) electrons. The standard InChI is InChI=1S/C8H16N2O2/c9-4-7-5-10-6-8(7)11-2-1-3-12-8/h7,10H,1-6,9H2. The van der Waals surface area contributed by atoms with Gasteiger partial charge < -0.3 is 20.5 Å². The molecule has 1 atom stereocenters. The van der Waals surface area contributed by atoms with Crippen LogP contribution in [0.5, 0.6) is 0 Å². The van der Waals surface area contributed by atoms with E-state index in [4.69, 9.17) is 15.2 Å². The van der Waals surface area contributed by atoms with Crippen LogP contribution in [-0.2, 0) is 9.47 Å². The molecule has 2 fully saturated rings. The Labute approximate surface area is 72.4 Å². The van der Waals surface area contributed by atoms with Crippen molar-refractivity contribution in [3.05, 3.63) is 0 Å². The predicted molar refractivity (Wildman–Crippen MR) is 44.7 cm³/mol. The lowest BCUT2D eigenvalue weighted by atomic mass is 10.0. The molecule has 0 saturated carbocycles. The van der Waals surface area contributed by atoms with Gasteiger partial charge in [-0.05, 0) is 6.42 Å². The fourth-order valence-corrected chi connectivity index (χ4v) is 1.91. The Balaban J connectivity index is 2.05. The lowest BCUT2D eigenvalue weighted by Crippen LogP contribution is -2.49. The number of ether oxygens (including phenoxy) is 2. The molecule has 0 aliphatic carbocycles. The molecule has 1 unspecified atom stereocenters. The Morgan fingerprint density at radius 3 is 2.83 bits per heavy atom. The SMILES string of the molecule is NCC1CNCC12OCCCO2. The average molecular weight is 172 g/mol. The molecule has 3 N–H and O–H groups in total. The summed E-state index contributed by atoms with van der Waals surface area (Å²) in [4.78, 5) is 0. The number of nitrogens with two attached hydrogens (primary N) is 1. The van der Waals surface area contributed by atoms with Crippen LogP contribution < -0.4 is 11.1 Å². The summed E-state index contributed by atoms with van der Waals surface area (Å²) in [5.74, 6) is -0.0784. The van der Waals surface area contributed by atoms with Gasteiger partial charge in [0.2, 0.25) is 0 Å². The van der Waals surface area contributed by atoms with Gasteiger partial charge in [0.25, 0.3) is 0 Å². The summed E-state index contributed by atoms with van der Waals surface area (Å²) >= 11 is 0. The van der Waals surface area contributed by atoms with E-state index in [9.17, 15) is 0 Å². The molecule has 1 spiro atoms. The first-order valence-electron chi connectivity index (χ1n) is 4.56. The van der Waals surface area contributed by atoms with Gasteiger partial charge >= 0.3 is 0 Å². The molecule has 12 heavy (non-hydrogen) atoms. The summed E-state index contributed by atoms with van der Waals surface area (Å²) in [5.41, 5.74) is 5.64. The molecule has 0 amide bonds. The second-order valence-corrected chi connectivity index (χ2v) is 3.43. The van der Waals surface area contributed by atoms with Gasteiger partial charge in [0.1, 0.15) is 0 Å². The van der Waals surface area contributed by atoms with Gasteiger partial charge in [-0.2, -0.15) is 0 Å². The van der Waals surface area contributed by atoms with Crippen molar-refractivity contribution in [3.63, 3.8) is 0 Å². The monoisotopic (exact) mass is 172 g/mol. The van der Waals surface area contributed by atoms with Crippen LogP contribution in [0.3, 0.4) is 0 Å². The van der Waals surface area contributed by atoms with Crippen molar-refractivity contribution in [2.75, 3.05) is 32.8 Å². The molecule has 0 aromatic carbocycles. The maximum Gasteiger partial charge on any atom is 0.185 e. The third kappa shape index (κ3) is 1.25. The molecular formula is C8H16N2O2.